The Morgan fingerprint density at radius 3 is 2.69 bits per heavy atom. The molecule has 0 bridgehead atoms. The summed E-state index contributed by atoms with van der Waals surface area (Å²) in [6, 6.07) is 2.56. The number of halogens is 2. The second-order valence-corrected chi connectivity index (χ2v) is 2.95. The number of hydrogen-bond donors (Lipinski definition) is 1. The van der Waals surface area contributed by atoms with Gasteiger partial charge in [-0.3, -0.25) is 0 Å². The van der Waals surface area contributed by atoms with E-state index in [1.807, 2.05) is 0 Å². The molecule has 0 spiro atoms. The van der Waals surface area contributed by atoms with Gasteiger partial charge in [-0.25, -0.2) is 9.18 Å². The van der Waals surface area contributed by atoms with Crippen LogP contribution in [0, 0.1) is 5.82 Å². The topological polar surface area (TPSA) is 37.3 Å². The monoisotopic (exact) mass is 202 g/mol. The first kappa shape index (κ1) is 9.99. The molecule has 0 saturated carbocycles. The average Bonchev–Trinajstić information content (AvgIpc) is 2.09. The first-order valence-electron chi connectivity index (χ1n) is 3.78. The molecule has 0 heterocycles. The van der Waals surface area contributed by atoms with Crippen LogP contribution in [0.5, 0.6) is 0 Å². The predicted molar refractivity (Wildman–Crippen MR) is 47.7 cm³/mol. The number of carbonyl (C=O) groups is 1. The van der Waals surface area contributed by atoms with Crippen molar-refractivity contribution in [1.82, 2.24) is 0 Å². The highest BCUT2D eigenvalue weighted by molar-refractivity contribution is 6.30. The molecule has 0 atom stereocenters. The Kier molecular flexibility index (Phi) is 2.88. The van der Waals surface area contributed by atoms with Gasteiger partial charge in [0.15, 0.2) is 0 Å². The Morgan fingerprint density at radius 1 is 1.62 bits per heavy atom. The lowest BCUT2D eigenvalue weighted by molar-refractivity contribution is 0.0695. The van der Waals surface area contributed by atoms with Crippen LogP contribution in [-0.4, -0.2) is 11.1 Å². The molecule has 0 aliphatic carbocycles. The minimum Gasteiger partial charge on any atom is -0.478 e. The number of benzene rings is 1. The molecule has 0 aromatic heterocycles. The highest BCUT2D eigenvalue weighted by Crippen LogP contribution is 2.22. The maximum atomic E-state index is 13.2. The highest BCUT2D eigenvalue weighted by atomic mass is 35.5. The van der Waals surface area contributed by atoms with E-state index in [1.54, 1.807) is 6.92 Å². The van der Waals surface area contributed by atoms with E-state index in [0.717, 1.165) is 0 Å². The van der Waals surface area contributed by atoms with Crippen LogP contribution in [-0.2, 0) is 6.42 Å². The van der Waals surface area contributed by atoms with Gasteiger partial charge in [-0.05, 0) is 18.6 Å². The number of rotatable bonds is 2. The molecular formula is C9H8ClFO2. The van der Waals surface area contributed by atoms with Crippen molar-refractivity contribution in [3.63, 3.8) is 0 Å². The third-order valence-corrected chi connectivity index (χ3v) is 2.07. The Labute approximate surface area is 80.0 Å². The van der Waals surface area contributed by atoms with E-state index in [-0.39, 0.29) is 16.1 Å². The zero-order valence-corrected chi connectivity index (χ0v) is 7.73. The maximum absolute atomic E-state index is 13.2. The van der Waals surface area contributed by atoms with Gasteiger partial charge < -0.3 is 5.11 Å². The first-order valence-corrected chi connectivity index (χ1v) is 4.16. The number of carboxylic acids is 1. The van der Waals surface area contributed by atoms with Crippen molar-refractivity contribution >= 4 is 17.6 Å². The van der Waals surface area contributed by atoms with Crippen LogP contribution in [0.2, 0.25) is 5.02 Å². The van der Waals surface area contributed by atoms with E-state index < -0.39 is 11.8 Å². The lowest BCUT2D eigenvalue weighted by Crippen LogP contribution is -2.04. The molecule has 13 heavy (non-hydrogen) atoms. The SMILES string of the molecule is CCc1c(C(=O)O)ccc(Cl)c1F. The quantitative estimate of drug-likeness (QED) is 0.801. The standard InChI is InChI=1S/C9H8ClFO2/c1-2-5-6(9(12)13)3-4-7(10)8(5)11/h3-4H,2H2,1H3,(H,12,13). The molecule has 2 nitrogen and oxygen atoms in total. The third-order valence-electron chi connectivity index (χ3n) is 1.78. The van der Waals surface area contributed by atoms with E-state index in [2.05, 4.69) is 0 Å². The first-order chi connectivity index (χ1) is 6.07. The van der Waals surface area contributed by atoms with Crippen LogP contribution in [0.1, 0.15) is 22.8 Å². The zero-order valence-electron chi connectivity index (χ0n) is 6.97. The van der Waals surface area contributed by atoms with E-state index in [0.29, 0.717) is 6.42 Å². The minimum atomic E-state index is -1.13. The number of carboxylic acid groups (broad SMARTS) is 1. The molecule has 0 unspecified atom stereocenters. The molecule has 0 aliphatic rings. The van der Waals surface area contributed by atoms with Crippen molar-refractivity contribution in [2.45, 2.75) is 13.3 Å². The van der Waals surface area contributed by atoms with E-state index in [9.17, 15) is 9.18 Å². The van der Waals surface area contributed by atoms with Crippen molar-refractivity contribution in [3.8, 4) is 0 Å². The van der Waals surface area contributed by atoms with Gasteiger partial charge in [-0.2, -0.15) is 0 Å². The summed E-state index contributed by atoms with van der Waals surface area (Å²) in [5, 5.41) is 8.66. The van der Waals surface area contributed by atoms with Gasteiger partial charge in [-0.1, -0.05) is 18.5 Å². The molecule has 0 saturated heterocycles. The fraction of sp³-hybridized carbons (Fsp3) is 0.222. The van der Waals surface area contributed by atoms with Gasteiger partial charge in [0.25, 0.3) is 0 Å². The van der Waals surface area contributed by atoms with E-state index in [1.165, 1.54) is 12.1 Å². The number of hydrogen-bond acceptors (Lipinski definition) is 1. The molecule has 1 aromatic rings. The summed E-state index contributed by atoms with van der Waals surface area (Å²) in [6.07, 6.45) is 0.314. The van der Waals surface area contributed by atoms with Crippen LogP contribution in [0.25, 0.3) is 0 Å². The van der Waals surface area contributed by atoms with Crippen LogP contribution in [0.3, 0.4) is 0 Å². The summed E-state index contributed by atoms with van der Waals surface area (Å²) in [4.78, 5) is 10.6. The largest absolute Gasteiger partial charge is 0.478 e. The van der Waals surface area contributed by atoms with Crippen molar-refractivity contribution in [3.05, 3.63) is 34.1 Å². The summed E-state index contributed by atoms with van der Waals surface area (Å²) in [7, 11) is 0. The molecule has 70 valence electrons. The van der Waals surface area contributed by atoms with Crippen LogP contribution in [0.15, 0.2) is 12.1 Å². The molecule has 1 rings (SSSR count). The third kappa shape index (κ3) is 1.80. The van der Waals surface area contributed by atoms with Crippen LogP contribution in [0.4, 0.5) is 4.39 Å². The molecule has 1 N–H and O–H groups in total. The van der Waals surface area contributed by atoms with Gasteiger partial charge in [0.1, 0.15) is 5.82 Å². The van der Waals surface area contributed by atoms with Gasteiger partial charge in [0, 0.05) is 5.56 Å². The molecule has 0 amide bonds. The van der Waals surface area contributed by atoms with Crippen molar-refractivity contribution in [2.75, 3.05) is 0 Å². The molecular weight excluding hydrogens is 195 g/mol. The van der Waals surface area contributed by atoms with E-state index in [4.69, 9.17) is 16.7 Å². The van der Waals surface area contributed by atoms with Crippen molar-refractivity contribution in [1.29, 1.82) is 0 Å². The van der Waals surface area contributed by atoms with Gasteiger partial charge in [0.05, 0.1) is 10.6 Å². The Bertz CT molecular complexity index is 350. The summed E-state index contributed by atoms with van der Waals surface area (Å²) in [5.41, 5.74) is 0.129. The molecule has 4 heteroatoms. The van der Waals surface area contributed by atoms with Gasteiger partial charge in [0.2, 0.25) is 0 Å². The second-order valence-electron chi connectivity index (χ2n) is 2.55. The molecule has 0 radical (unpaired) electrons. The maximum Gasteiger partial charge on any atom is 0.336 e. The summed E-state index contributed by atoms with van der Waals surface area (Å²) in [5.74, 6) is -1.77. The summed E-state index contributed by atoms with van der Waals surface area (Å²) >= 11 is 5.50. The smallest absolute Gasteiger partial charge is 0.336 e. The van der Waals surface area contributed by atoms with Crippen LogP contribution >= 0.6 is 11.6 Å². The van der Waals surface area contributed by atoms with Crippen molar-refractivity contribution in [2.24, 2.45) is 0 Å². The lowest BCUT2D eigenvalue weighted by atomic mass is 10.0. The normalized spacial score (nSPS) is 10.1. The Balaban J connectivity index is 3.38. The van der Waals surface area contributed by atoms with Gasteiger partial charge >= 0.3 is 5.97 Å². The van der Waals surface area contributed by atoms with Crippen molar-refractivity contribution < 1.29 is 14.3 Å². The molecule has 1 aromatic carbocycles. The molecule has 0 fully saturated rings. The second kappa shape index (κ2) is 3.75. The summed E-state index contributed by atoms with van der Waals surface area (Å²) in [6.45, 7) is 1.68. The van der Waals surface area contributed by atoms with Crippen LogP contribution < -0.4 is 0 Å². The summed E-state index contributed by atoms with van der Waals surface area (Å²) < 4.78 is 13.2. The fourth-order valence-corrected chi connectivity index (χ4v) is 1.32. The predicted octanol–water partition coefficient (Wildman–Crippen LogP) is 2.74. The lowest BCUT2D eigenvalue weighted by Gasteiger charge is -2.05. The van der Waals surface area contributed by atoms with E-state index >= 15 is 0 Å². The Morgan fingerprint density at radius 2 is 2.23 bits per heavy atom. The average molecular weight is 203 g/mol. The van der Waals surface area contributed by atoms with Gasteiger partial charge in [-0.15, -0.1) is 0 Å². The Hall–Kier alpha value is -1.09. The molecule has 0 aliphatic heterocycles. The zero-order chi connectivity index (χ0) is 10.0. The highest BCUT2D eigenvalue weighted by Gasteiger charge is 2.14. The minimum absolute atomic E-state index is 0.0237. The number of aromatic carboxylic acids is 1. The fourth-order valence-electron chi connectivity index (χ4n) is 1.14.